The first-order valence-corrected chi connectivity index (χ1v) is 7.86. The highest BCUT2D eigenvalue weighted by molar-refractivity contribution is 7.12. The van der Waals surface area contributed by atoms with E-state index < -0.39 is 29.8 Å². The van der Waals surface area contributed by atoms with E-state index >= 15 is 0 Å². The van der Waals surface area contributed by atoms with E-state index in [1.165, 1.54) is 13.2 Å². The molecule has 1 aromatic rings. The van der Waals surface area contributed by atoms with Crippen LogP contribution in [0.25, 0.3) is 0 Å². The van der Waals surface area contributed by atoms with Crippen LogP contribution in [-0.4, -0.2) is 43.5 Å². The number of thiophene rings is 1. The van der Waals surface area contributed by atoms with E-state index in [1.54, 1.807) is 12.3 Å². The van der Waals surface area contributed by atoms with Gasteiger partial charge in [-0.05, 0) is 18.4 Å². The number of hydrogen-bond donors (Lipinski definition) is 2. The zero-order valence-electron chi connectivity index (χ0n) is 12.7. The van der Waals surface area contributed by atoms with Crippen molar-refractivity contribution in [3.8, 4) is 0 Å². The number of imide groups is 1. The molecule has 0 spiro atoms. The zero-order valence-corrected chi connectivity index (χ0v) is 13.6. The third-order valence-electron chi connectivity index (χ3n) is 3.54. The van der Waals surface area contributed by atoms with Gasteiger partial charge in [0.05, 0.1) is 25.0 Å². The topological polar surface area (TPSA) is 114 Å². The fourth-order valence-electron chi connectivity index (χ4n) is 2.51. The highest BCUT2D eigenvalue weighted by Gasteiger charge is 2.51. The van der Waals surface area contributed by atoms with Crippen LogP contribution in [-0.2, 0) is 23.9 Å². The van der Waals surface area contributed by atoms with Crippen LogP contribution in [0.2, 0.25) is 0 Å². The minimum atomic E-state index is -1.01. The average molecular weight is 351 g/mol. The number of esters is 2. The number of hydrazine groups is 1. The molecule has 126 valence electrons. The summed E-state index contributed by atoms with van der Waals surface area (Å²) in [4.78, 5) is 50.0. The highest BCUT2D eigenvalue weighted by Crippen LogP contribution is 2.35. The summed E-state index contributed by atoms with van der Waals surface area (Å²) in [5, 5.41) is 1.57. The lowest BCUT2D eigenvalue weighted by Gasteiger charge is -2.15. The maximum Gasteiger partial charge on any atom is 0.356 e. The molecular formula is C14H13N3O6S. The third kappa shape index (κ3) is 2.27. The minimum Gasteiger partial charge on any atom is -0.465 e. The van der Waals surface area contributed by atoms with Gasteiger partial charge >= 0.3 is 11.9 Å². The average Bonchev–Trinajstić information content (AvgIpc) is 3.25. The van der Waals surface area contributed by atoms with E-state index in [4.69, 9.17) is 4.74 Å². The number of hydrogen-bond acceptors (Lipinski definition) is 9. The predicted octanol–water partition coefficient (Wildman–Crippen LogP) is -0.298. The Morgan fingerprint density at radius 2 is 2.08 bits per heavy atom. The molecule has 3 rings (SSSR count). The van der Waals surface area contributed by atoms with E-state index in [9.17, 15) is 19.2 Å². The van der Waals surface area contributed by atoms with Gasteiger partial charge in [0.25, 0.3) is 11.8 Å². The van der Waals surface area contributed by atoms with Gasteiger partial charge < -0.3 is 14.9 Å². The van der Waals surface area contributed by atoms with Crippen molar-refractivity contribution in [2.75, 3.05) is 18.6 Å². The molecule has 2 aliphatic heterocycles. The van der Waals surface area contributed by atoms with Gasteiger partial charge in [-0.1, -0.05) is 0 Å². The van der Waals surface area contributed by atoms with E-state index in [1.807, 2.05) is 0 Å². The summed E-state index contributed by atoms with van der Waals surface area (Å²) in [6.45, 7) is 1.76. The van der Waals surface area contributed by atoms with Crippen molar-refractivity contribution in [1.29, 1.82) is 0 Å². The van der Waals surface area contributed by atoms with Crippen molar-refractivity contribution in [2.24, 2.45) is 0 Å². The zero-order chi connectivity index (χ0) is 17.4. The molecule has 1 unspecified atom stereocenters. The molecule has 0 bridgehead atoms. The van der Waals surface area contributed by atoms with Crippen LogP contribution in [0.5, 0.6) is 0 Å². The minimum absolute atomic E-state index is 0.0273. The molecule has 0 aromatic carbocycles. The lowest BCUT2D eigenvalue weighted by atomic mass is 10.1. The highest BCUT2D eigenvalue weighted by atomic mass is 32.1. The summed E-state index contributed by atoms with van der Waals surface area (Å²) in [6.07, 6.45) is 0. The molecule has 1 saturated heterocycles. The van der Waals surface area contributed by atoms with Crippen LogP contribution in [0, 0.1) is 0 Å². The molecule has 0 saturated carbocycles. The summed E-state index contributed by atoms with van der Waals surface area (Å²) in [5.41, 5.74) is 5.12. The van der Waals surface area contributed by atoms with Crippen molar-refractivity contribution in [1.82, 2.24) is 10.9 Å². The number of carbonyl (C=O) groups is 4. The Kier molecular flexibility index (Phi) is 4.08. The lowest BCUT2D eigenvalue weighted by Crippen LogP contribution is -2.43. The molecule has 2 N–H and O–H groups in total. The fraction of sp³-hybridized carbons (Fsp3) is 0.286. The van der Waals surface area contributed by atoms with Crippen LogP contribution < -0.4 is 15.8 Å². The number of nitrogens with zero attached hydrogens (tertiary/aromatic N) is 1. The van der Waals surface area contributed by atoms with Crippen LogP contribution in [0.4, 0.5) is 5.69 Å². The second-order valence-electron chi connectivity index (χ2n) is 4.82. The van der Waals surface area contributed by atoms with Gasteiger partial charge in [0.2, 0.25) is 0 Å². The van der Waals surface area contributed by atoms with E-state index in [0.29, 0.717) is 0 Å². The van der Waals surface area contributed by atoms with Gasteiger partial charge in [0, 0.05) is 0 Å². The van der Waals surface area contributed by atoms with Crippen molar-refractivity contribution < 1.29 is 28.7 Å². The maximum atomic E-state index is 12.7. The van der Waals surface area contributed by atoms with E-state index in [2.05, 4.69) is 15.6 Å². The first-order valence-electron chi connectivity index (χ1n) is 6.98. The normalized spacial score (nSPS) is 19.4. The molecule has 10 heteroatoms. The monoisotopic (exact) mass is 351 g/mol. The molecule has 2 aliphatic rings. The largest absolute Gasteiger partial charge is 0.465 e. The standard InChI is InChI=1S/C14H13N3O6S/c1-3-23-13(20)9-7-8(15-16-9)12(19)17(11(7)18)6-4-5-24-10(6)14(21)22-2/h4-5,8,15-16H,3H2,1-2H3. The SMILES string of the molecule is CCOC(=O)C1=C2C(=O)N(c3ccsc3C(=O)OC)C(=O)C2NN1. The predicted molar refractivity (Wildman–Crippen MR) is 81.9 cm³/mol. The molecule has 1 fully saturated rings. The molecule has 1 atom stereocenters. The molecule has 3 heterocycles. The van der Waals surface area contributed by atoms with Gasteiger partial charge in [-0.25, -0.2) is 19.9 Å². The number of fused-ring (bicyclic) bond motifs is 1. The molecule has 24 heavy (non-hydrogen) atoms. The fourth-order valence-corrected chi connectivity index (χ4v) is 3.30. The number of amides is 2. The summed E-state index contributed by atoms with van der Waals surface area (Å²) in [7, 11) is 1.21. The smallest absolute Gasteiger partial charge is 0.356 e. The third-order valence-corrected chi connectivity index (χ3v) is 4.42. The summed E-state index contributed by atoms with van der Waals surface area (Å²) in [5.74, 6) is -2.66. The summed E-state index contributed by atoms with van der Waals surface area (Å²) >= 11 is 1.05. The first kappa shape index (κ1) is 16.1. The Morgan fingerprint density at radius 3 is 2.75 bits per heavy atom. The Hall–Kier alpha value is -2.72. The van der Waals surface area contributed by atoms with Crippen LogP contribution >= 0.6 is 11.3 Å². The Balaban J connectivity index is 2.02. The Labute approximate surface area is 140 Å². The van der Waals surface area contributed by atoms with Crippen molar-refractivity contribution >= 4 is 40.8 Å². The van der Waals surface area contributed by atoms with Gasteiger partial charge in [0.1, 0.15) is 16.6 Å². The lowest BCUT2D eigenvalue weighted by molar-refractivity contribution is -0.139. The van der Waals surface area contributed by atoms with Gasteiger partial charge in [-0.15, -0.1) is 11.3 Å². The van der Waals surface area contributed by atoms with E-state index in [0.717, 1.165) is 16.2 Å². The van der Waals surface area contributed by atoms with Gasteiger partial charge in [-0.2, -0.15) is 0 Å². The van der Waals surface area contributed by atoms with Crippen LogP contribution in [0.15, 0.2) is 22.7 Å². The number of rotatable bonds is 4. The second-order valence-corrected chi connectivity index (χ2v) is 5.73. The number of nitrogens with one attached hydrogen (secondary N) is 2. The molecule has 9 nitrogen and oxygen atoms in total. The van der Waals surface area contributed by atoms with Gasteiger partial charge in [-0.3, -0.25) is 9.59 Å². The number of carbonyl (C=O) groups excluding carboxylic acids is 4. The molecule has 0 aliphatic carbocycles. The summed E-state index contributed by atoms with van der Waals surface area (Å²) < 4.78 is 9.53. The second kappa shape index (κ2) is 6.06. The molecular weight excluding hydrogens is 338 g/mol. The number of ether oxygens (including phenoxy) is 2. The van der Waals surface area contributed by atoms with Crippen molar-refractivity contribution in [3.63, 3.8) is 0 Å². The summed E-state index contributed by atoms with van der Waals surface area (Å²) in [6, 6.07) is 0.466. The van der Waals surface area contributed by atoms with Gasteiger partial charge in [0.15, 0.2) is 0 Å². The Bertz CT molecular complexity index is 783. The van der Waals surface area contributed by atoms with E-state index in [-0.39, 0.29) is 28.4 Å². The maximum absolute atomic E-state index is 12.7. The number of anilines is 1. The first-order chi connectivity index (χ1) is 11.5. The molecule has 0 radical (unpaired) electrons. The van der Waals surface area contributed by atoms with Crippen LogP contribution in [0.1, 0.15) is 16.6 Å². The Morgan fingerprint density at radius 1 is 1.33 bits per heavy atom. The van der Waals surface area contributed by atoms with Crippen molar-refractivity contribution in [2.45, 2.75) is 13.0 Å². The van der Waals surface area contributed by atoms with Crippen molar-refractivity contribution in [3.05, 3.63) is 27.6 Å². The number of methoxy groups -OCH3 is 1. The molecule has 1 aromatic heterocycles. The molecule has 2 amide bonds. The quantitative estimate of drug-likeness (QED) is 0.561. The van der Waals surface area contributed by atoms with Crippen LogP contribution in [0.3, 0.4) is 0 Å².